The third-order valence-corrected chi connectivity index (χ3v) is 4.41. The minimum Gasteiger partial charge on any atom is -0.462 e. The number of fused-ring (bicyclic) bond motifs is 1. The summed E-state index contributed by atoms with van der Waals surface area (Å²) in [6.45, 7) is 10.6. The molecule has 3 aromatic heterocycles. The number of furan rings is 1. The van der Waals surface area contributed by atoms with Gasteiger partial charge < -0.3 is 4.42 Å². The highest BCUT2D eigenvalue weighted by Gasteiger charge is 2.21. The Morgan fingerprint density at radius 2 is 1.91 bits per heavy atom. The fourth-order valence-corrected chi connectivity index (χ4v) is 3.18. The van der Waals surface area contributed by atoms with Gasteiger partial charge in [0, 0.05) is 5.56 Å². The predicted octanol–water partition coefficient (Wildman–Crippen LogP) is 4.82. The summed E-state index contributed by atoms with van der Waals surface area (Å²) in [7, 11) is 0. The molecule has 0 aliphatic rings. The second-order valence-electron chi connectivity index (χ2n) is 5.97. The topological polar surface area (TPSA) is 43.3 Å². The molecule has 3 rings (SSSR count). The van der Waals surface area contributed by atoms with Gasteiger partial charge in [-0.3, -0.25) is 0 Å². The first-order chi connectivity index (χ1) is 10.6. The Balaban J connectivity index is 2.33. The smallest absolute Gasteiger partial charge is 0.158 e. The van der Waals surface area contributed by atoms with Gasteiger partial charge in [0.15, 0.2) is 11.4 Å². The maximum absolute atomic E-state index is 5.69. The molecule has 0 radical (unpaired) electrons. The Hall–Kier alpha value is -2.10. The van der Waals surface area contributed by atoms with Crippen LogP contribution in [0.5, 0.6) is 0 Å². The summed E-state index contributed by atoms with van der Waals surface area (Å²) in [6.07, 6.45) is 3.94. The average molecular weight is 297 g/mol. The van der Waals surface area contributed by atoms with Crippen LogP contribution in [0.2, 0.25) is 0 Å². The van der Waals surface area contributed by atoms with Gasteiger partial charge in [0.05, 0.1) is 17.7 Å². The summed E-state index contributed by atoms with van der Waals surface area (Å²) in [5, 5.41) is 4.70. The van der Waals surface area contributed by atoms with E-state index in [1.165, 1.54) is 5.56 Å². The van der Waals surface area contributed by atoms with Gasteiger partial charge in [-0.25, -0.2) is 9.50 Å². The van der Waals surface area contributed by atoms with E-state index in [9.17, 15) is 0 Å². The lowest BCUT2D eigenvalue weighted by Gasteiger charge is -2.14. The SMILES string of the molecule is CCC(CC)c1cc(C)nn2c(-c3occc3C)c(C)nc12. The van der Waals surface area contributed by atoms with Crippen LogP contribution in [-0.4, -0.2) is 14.6 Å². The van der Waals surface area contributed by atoms with Crippen molar-refractivity contribution in [3.8, 4) is 11.5 Å². The first kappa shape index (κ1) is 14.8. The first-order valence-electron chi connectivity index (χ1n) is 7.98. The van der Waals surface area contributed by atoms with Gasteiger partial charge in [0.1, 0.15) is 5.69 Å². The van der Waals surface area contributed by atoms with Crippen molar-refractivity contribution in [3.63, 3.8) is 0 Å². The molecular formula is C18H23N3O. The van der Waals surface area contributed by atoms with Crippen LogP contribution in [-0.2, 0) is 0 Å². The van der Waals surface area contributed by atoms with Crippen LogP contribution >= 0.6 is 0 Å². The zero-order valence-corrected chi connectivity index (χ0v) is 14.0. The Labute approximate surface area is 131 Å². The molecule has 0 aromatic carbocycles. The molecule has 0 spiro atoms. The van der Waals surface area contributed by atoms with Crippen molar-refractivity contribution in [2.24, 2.45) is 0 Å². The number of rotatable bonds is 4. The number of hydrogen-bond donors (Lipinski definition) is 0. The van der Waals surface area contributed by atoms with Gasteiger partial charge in [0.25, 0.3) is 0 Å². The second-order valence-corrected chi connectivity index (χ2v) is 5.97. The van der Waals surface area contributed by atoms with Crippen LogP contribution in [0, 0.1) is 20.8 Å². The van der Waals surface area contributed by atoms with Crippen molar-refractivity contribution in [1.29, 1.82) is 0 Å². The fraction of sp³-hybridized carbons (Fsp3) is 0.444. The van der Waals surface area contributed by atoms with Crippen molar-refractivity contribution in [2.75, 3.05) is 0 Å². The Morgan fingerprint density at radius 1 is 1.18 bits per heavy atom. The molecular weight excluding hydrogens is 274 g/mol. The van der Waals surface area contributed by atoms with Crippen molar-refractivity contribution < 1.29 is 4.42 Å². The molecule has 0 N–H and O–H groups in total. The highest BCUT2D eigenvalue weighted by Crippen LogP contribution is 2.32. The molecule has 0 unspecified atom stereocenters. The van der Waals surface area contributed by atoms with Crippen molar-refractivity contribution >= 4 is 5.65 Å². The summed E-state index contributed by atoms with van der Waals surface area (Å²) in [4.78, 5) is 4.81. The fourth-order valence-electron chi connectivity index (χ4n) is 3.18. The second kappa shape index (κ2) is 5.59. The van der Waals surface area contributed by atoms with Crippen molar-refractivity contribution in [2.45, 2.75) is 53.4 Å². The molecule has 0 atom stereocenters. The quantitative estimate of drug-likeness (QED) is 0.693. The van der Waals surface area contributed by atoms with Gasteiger partial charge in [-0.1, -0.05) is 13.8 Å². The molecule has 116 valence electrons. The highest BCUT2D eigenvalue weighted by molar-refractivity contribution is 5.66. The molecule has 4 nitrogen and oxygen atoms in total. The molecule has 0 saturated heterocycles. The molecule has 4 heteroatoms. The molecule has 22 heavy (non-hydrogen) atoms. The summed E-state index contributed by atoms with van der Waals surface area (Å²) in [5.74, 6) is 1.37. The third kappa shape index (κ3) is 2.23. The van der Waals surface area contributed by atoms with E-state index >= 15 is 0 Å². The number of nitrogens with zero attached hydrogens (tertiary/aromatic N) is 3. The van der Waals surface area contributed by atoms with Gasteiger partial charge in [-0.2, -0.15) is 5.10 Å². The predicted molar refractivity (Wildman–Crippen MR) is 88.2 cm³/mol. The molecule has 3 aromatic rings. The van der Waals surface area contributed by atoms with Crippen LogP contribution in [0.3, 0.4) is 0 Å². The standard InChI is InChI=1S/C18H23N3O/c1-6-14(7-2)15-10-12(4)20-21-16(13(5)19-18(15)21)17-11(3)8-9-22-17/h8-10,14H,6-7H2,1-5H3. The average Bonchev–Trinajstić information content (AvgIpc) is 3.03. The zero-order valence-electron chi connectivity index (χ0n) is 14.0. The maximum atomic E-state index is 5.69. The van der Waals surface area contributed by atoms with Crippen molar-refractivity contribution in [3.05, 3.63) is 40.9 Å². The summed E-state index contributed by atoms with van der Waals surface area (Å²) < 4.78 is 7.65. The zero-order chi connectivity index (χ0) is 15.9. The van der Waals surface area contributed by atoms with E-state index in [0.717, 1.165) is 46.9 Å². The van der Waals surface area contributed by atoms with Gasteiger partial charge >= 0.3 is 0 Å². The summed E-state index contributed by atoms with van der Waals surface area (Å²) in [5.41, 5.74) is 6.30. The van der Waals surface area contributed by atoms with E-state index in [1.54, 1.807) is 6.26 Å². The van der Waals surface area contributed by atoms with E-state index in [1.807, 2.05) is 24.4 Å². The normalized spacial score (nSPS) is 11.7. The van der Waals surface area contributed by atoms with Crippen molar-refractivity contribution in [1.82, 2.24) is 14.6 Å². The number of aromatic nitrogens is 3. The summed E-state index contributed by atoms with van der Waals surface area (Å²) >= 11 is 0. The lowest BCUT2D eigenvalue weighted by atomic mass is 9.95. The van der Waals surface area contributed by atoms with Gasteiger partial charge in [-0.05, 0) is 57.2 Å². The van der Waals surface area contributed by atoms with Crippen LogP contribution in [0.15, 0.2) is 22.8 Å². The molecule has 0 aliphatic carbocycles. The number of imidazole rings is 1. The molecule has 0 aliphatic heterocycles. The molecule has 0 amide bonds. The Kier molecular flexibility index (Phi) is 3.77. The largest absolute Gasteiger partial charge is 0.462 e. The molecule has 0 fully saturated rings. The summed E-state index contributed by atoms with van der Waals surface area (Å²) in [6, 6.07) is 4.16. The molecule has 0 saturated carbocycles. The van der Waals surface area contributed by atoms with Crippen LogP contribution in [0.4, 0.5) is 0 Å². The number of hydrogen-bond acceptors (Lipinski definition) is 3. The van der Waals surface area contributed by atoms with E-state index in [0.29, 0.717) is 5.92 Å². The van der Waals surface area contributed by atoms with E-state index in [-0.39, 0.29) is 0 Å². The minimum atomic E-state index is 0.511. The minimum absolute atomic E-state index is 0.511. The number of aryl methyl sites for hydroxylation is 3. The first-order valence-corrected chi connectivity index (χ1v) is 7.98. The Bertz CT molecular complexity index is 809. The van der Waals surface area contributed by atoms with Gasteiger partial charge in [0.2, 0.25) is 0 Å². The van der Waals surface area contributed by atoms with E-state index in [2.05, 4.69) is 26.8 Å². The van der Waals surface area contributed by atoms with Gasteiger partial charge in [-0.15, -0.1) is 0 Å². The monoisotopic (exact) mass is 297 g/mol. The lowest BCUT2D eigenvalue weighted by molar-refractivity contribution is 0.575. The van der Waals surface area contributed by atoms with Crippen LogP contribution in [0.25, 0.3) is 17.1 Å². The molecule has 0 bridgehead atoms. The lowest BCUT2D eigenvalue weighted by Crippen LogP contribution is -2.05. The molecule has 3 heterocycles. The third-order valence-electron chi connectivity index (χ3n) is 4.41. The highest BCUT2D eigenvalue weighted by atomic mass is 16.3. The van der Waals surface area contributed by atoms with Crippen LogP contribution < -0.4 is 0 Å². The van der Waals surface area contributed by atoms with E-state index < -0.39 is 0 Å². The maximum Gasteiger partial charge on any atom is 0.158 e. The Morgan fingerprint density at radius 3 is 2.50 bits per heavy atom. The van der Waals surface area contributed by atoms with Crippen LogP contribution in [0.1, 0.15) is 55.1 Å². The van der Waals surface area contributed by atoms with E-state index in [4.69, 9.17) is 14.5 Å².